The summed E-state index contributed by atoms with van der Waals surface area (Å²) < 4.78 is 1.19. The van der Waals surface area contributed by atoms with Crippen LogP contribution in [0.1, 0.15) is 23.5 Å². The summed E-state index contributed by atoms with van der Waals surface area (Å²) in [6.07, 6.45) is 1.24. The van der Waals surface area contributed by atoms with Crippen LogP contribution >= 0.6 is 31.9 Å². The normalized spacial score (nSPS) is 18.5. The minimum Gasteiger partial charge on any atom is -0.371 e. The Morgan fingerprint density at radius 2 is 1.90 bits per heavy atom. The van der Waals surface area contributed by atoms with Crippen molar-refractivity contribution < 1.29 is 0 Å². The Bertz CT molecular complexity index is 583. The highest BCUT2D eigenvalue weighted by molar-refractivity contribution is 9.10. The highest BCUT2D eigenvalue weighted by Crippen LogP contribution is 2.33. The summed E-state index contributed by atoms with van der Waals surface area (Å²) in [4.78, 5) is 2.49. The molecule has 2 aromatic carbocycles. The number of anilines is 1. The predicted molar refractivity (Wildman–Crippen MR) is 92.8 cm³/mol. The lowest BCUT2D eigenvalue weighted by atomic mass is 9.99. The van der Waals surface area contributed by atoms with Gasteiger partial charge in [-0.25, -0.2) is 0 Å². The van der Waals surface area contributed by atoms with Gasteiger partial charge in [0.2, 0.25) is 0 Å². The maximum Gasteiger partial charge on any atom is 0.0377 e. The molecule has 3 rings (SSSR count). The summed E-state index contributed by atoms with van der Waals surface area (Å²) in [7, 11) is 0. The molecule has 0 spiro atoms. The van der Waals surface area contributed by atoms with Crippen LogP contribution in [0.5, 0.6) is 0 Å². The van der Waals surface area contributed by atoms with Crippen LogP contribution in [0, 0.1) is 0 Å². The Balaban J connectivity index is 1.76. The van der Waals surface area contributed by atoms with E-state index in [1.54, 1.807) is 0 Å². The molecule has 0 radical (unpaired) electrons. The van der Waals surface area contributed by atoms with Crippen LogP contribution in [0.15, 0.2) is 53.0 Å². The minimum atomic E-state index is 0.658. The van der Waals surface area contributed by atoms with E-state index in [2.05, 4.69) is 85.3 Å². The lowest BCUT2D eigenvalue weighted by Gasteiger charge is -2.20. The molecular formula is C17H17Br2N. The number of rotatable bonds is 3. The maximum atomic E-state index is 3.66. The van der Waals surface area contributed by atoms with E-state index < -0.39 is 0 Å². The predicted octanol–water partition coefficient (Wildman–Crippen LogP) is 5.34. The zero-order valence-electron chi connectivity index (χ0n) is 11.2. The second kappa shape index (κ2) is 6.31. The Kier molecular flexibility index (Phi) is 4.47. The van der Waals surface area contributed by atoms with Crippen molar-refractivity contribution in [2.75, 3.05) is 18.0 Å². The van der Waals surface area contributed by atoms with Gasteiger partial charge in [-0.1, -0.05) is 68.3 Å². The van der Waals surface area contributed by atoms with Gasteiger partial charge in [-0.05, 0) is 29.7 Å². The average molecular weight is 395 g/mol. The van der Waals surface area contributed by atoms with Gasteiger partial charge in [0, 0.05) is 34.5 Å². The fraction of sp³-hybridized carbons (Fsp3) is 0.294. The molecule has 0 aromatic heterocycles. The SMILES string of the molecule is BrCc1ccc(N2CCC(c3ccccc3)C2)cc1Br. The van der Waals surface area contributed by atoms with E-state index in [-0.39, 0.29) is 0 Å². The largest absolute Gasteiger partial charge is 0.371 e. The van der Waals surface area contributed by atoms with Gasteiger partial charge in [-0.3, -0.25) is 0 Å². The molecule has 0 aliphatic carbocycles. The summed E-state index contributed by atoms with van der Waals surface area (Å²) in [5, 5.41) is 0.889. The van der Waals surface area contributed by atoms with Gasteiger partial charge in [0.05, 0.1) is 0 Å². The van der Waals surface area contributed by atoms with Crippen LogP contribution in [0.4, 0.5) is 5.69 Å². The lowest BCUT2D eigenvalue weighted by molar-refractivity contribution is 0.775. The number of nitrogens with zero attached hydrogens (tertiary/aromatic N) is 1. The van der Waals surface area contributed by atoms with Gasteiger partial charge in [-0.15, -0.1) is 0 Å². The molecule has 1 fully saturated rings. The minimum absolute atomic E-state index is 0.658. The second-order valence-corrected chi connectivity index (χ2v) is 6.67. The van der Waals surface area contributed by atoms with Crippen LogP contribution in [-0.2, 0) is 5.33 Å². The fourth-order valence-corrected chi connectivity index (χ4v) is 4.21. The molecule has 0 bridgehead atoms. The van der Waals surface area contributed by atoms with Crippen LogP contribution in [0.2, 0.25) is 0 Å². The lowest BCUT2D eigenvalue weighted by Crippen LogP contribution is -2.19. The van der Waals surface area contributed by atoms with Crippen LogP contribution in [-0.4, -0.2) is 13.1 Å². The van der Waals surface area contributed by atoms with Crippen molar-refractivity contribution in [1.29, 1.82) is 0 Å². The highest BCUT2D eigenvalue weighted by atomic mass is 79.9. The monoisotopic (exact) mass is 393 g/mol. The average Bonchev–Trinajstić information content (AvgIpc) is 2.98. The third-order valence-corrected chi connectivity index (χ3v) is 5.35. The van der Waals surface area contributed by atoms with E-state index in [4.69, 9.17) is 0 Å². The van der Waals surface area contributed by atoms with Crippen LogP contribution in [0.25, 0.3) is 0 Å². The molecular weight excluding hydrogens is 378 g/mol. The number of hydrogen-bond donors (Lipinski definition) is 0. The van der Waals surface area contributed by atoms with Crippen molar-refractivity contribution in [3.8, 4) is 0 Å². The first-order valence-corrected chi connectivity index (χ1v) is 8.83. The van der Waals surface area contributed by atoms with E-state index in [0.717, 1.165) is 18.4 Å². The van der Waals surface area contributed by atoms with E-state index in [1.807, 2.05) is 0 Å². The van der Waals surface area contributed by atoms with Gasteiger partial charge in [0.25, 0.3) is 0 Å². The zero-order chi connectivity index (χ0) is 13.9. The second-order valence-electron chi connectivity index (χ2n) is 5.25. The summed E-state index contributed by atoms with van der Waals surface area (Å²) in [6, 6.07) is 17.5. The molecule has 2 aromatic rings. The molecule has 20 heavy (non-hydrogen) atoms. The first kappa shape index (κ1) is 14.2. The van der Waals surface area contributed by atoms with Crippen LogP contribution in [0.3, 0.4) is 0 Å². The first-order valence-electron chi connectivity index (χ1n) is 6.92. The molecule has 104 valence electrons. The highest BCUT2D eigenvalue weighted by Gasteiger charge is 2.24. The molecule has 0 saturated carbocycles. The fourth-order valence-electron chi connectivity index (χ4n) is 2.83. The molecule has 1 saturated heterocycles. The van der Waals surface area contributed by atoms with Gasteiger partial charge < -0.3 is 4.90 Å². The third kappa shape index (κ3) is 2.94. The molecule has 1 heterocycles. The van der Waals surface area contributed by atoms with Crippen LogP contribution < -0.4 is 4.90 Å². The van der Waals surface area contributed by atoms with Crippen molar-refractivity contribution in [3.05, 3.63) is 64.1 Å². The van der Waals surface area contributed by atoms with Crippen molar-refractivity contribution in [1.82, 2.24) is 0 Å². The summed E-state index contributed by atoms with van der Waals surface area (Å²) in [5.74, 6) is 0.658. The quantitative estimate of drug-likeness (QED) is 0.635. The number of hydrogen-bond acceptors (Lipinski definition) is 1. The van der Waals surface area contributed by atoms with Crippen molar-refractivity contribution in [3.63, 3.8) is 0 Å². The Morgan fingerprint density at radius 1 is 1.10 bits per heavy atom. The molecule has 1 atom stereocenters. The van der Waals surface area contributed by atoms with E-state index in [0.29, 0.717) is 5.92 Å². The molecule has 0 N–H and O–H groups in total. The van der Waals surface area contributed by atoms with Crippen molar-refractivity contribution in [2.24, 2.45) is 0 Å². The topological polar surface area (TPSA) is 3.24 Å². The van der Waals surface area contributed by atoms with E-state index in [1.165, 1.54) is 27.7 Å². The number of halogens is 2. The van der Waals surface area contributed by atoms with Gasteiger partial charge in [0.15, 0.2) is 0 Å². The summed E-state index contributed by atoms with van der Waals surface area (Å²) in [6.45, 7) is 2.25. The van der Waals surface area contributed by atoms with Gasteiger partial charge in [-0.2, -0.15) is 0 Å². The van der Waals surface area contributed by atoms with Gasteiger partial charge >= 0.3 is 0 Å². The van der Waals surface area contributed by atoms with E-state index in [9.17, 15) is 0 Å². The summed E-state index contributed by atoms with van der Waals surface area (Å²) >= 11 is 7.17. The number of benzene rings is 2. The van der Waals surface area contributed by atoms with Crippen molar-refractivity contribution >= 4 is 37.5 Å². The smallest absolute Gasteiger partial charge is 0.0377 e. The third-order valence-electron chi connectivity index (χ3n) is 4.00. The number of alkyl halides is 1. The van der Waals surface area contributed by atoms with Gasteiger partial charge in [0.1, 0.15) is 0 Å². The van der Waals surface area contributed by atoms with E-state index >= 15 is 0 Å². The molecule has 1 aliphatic rings. The standard InChI is InChI=1S/C17H17Br2N/c18-11-14-6-7-16(10-17(14)19)20-9-8-15(12-20)13-4-2-1-3-5-13/h1-7,10,15H,8-9,11-12H2. The Morgan fingerprint density at radius 3 is 2.60 bits per heavy atom. The molecule has 1 unspecified atom stereocenters. The summed E-state index contributed by atoms with van der Waals surface area (Å²) in [5.41, 5.74) is 4.08. The zero-order valence-corrected chi connectivity index (χ0v) is 14.4. The van der Waals surface area contributed by atoms with Crippen molar-refractivity contribution in [2.45, 2.75) is 17.7 Å². The Labute approximate surface area is 137 Å². The molecule has 1 nitrogen and oxygen atoms in total. The molecule has 1 aliphatic heterocycles. The molecule has 3 heteroatoms. The first-order chi connectivity index (χ1) is 9.78. The Hall–Kier alpha value is -0.800. The maximum absolute atomic E-state index is 3.66. The molecule has 0 amide bonds.